The zero-order valence-electron chi connectivity index (χ0n) is 13.7. The maximum absolute atomic E-state index is 12.4. The molecular formula is C17H23N5O. The van der Waals surface area contributed by atoms with Crippen LogP contribution in [0.1, 0.15) is 19.3 Å². The summed E-state index contributed by atoms with van der Waals surface area (Å²) in [6, 6.07) is 5.74. The molecule has 23 heavy (non-hydrogen) atoms. The molecule has 6 nitrogen and oxygen atoms in total. The van der Waals surface area contributed by atoms with Gasteiger partial charge in [-0.3, -0.25) is 14.3 Å². The van der Waals surface area contributed by atoms with E-state index in [4.69, 9.17) is 4.98 Å². The summed E-state index contributed by atoms with van der Waals surface area (Å²) < 4.78 is 1.63. The van der Waals surface area contributed by atoms with Crippen LogP contribution in [-0.2, 0) is 7.05 Å². The van der Waals surface area contributed by atoms with Gasteiger partial charge in [-0.15, -0.1) is 0 Å². The van der Waals surface area contributed by atoms with Crippen molar-refractivity contribution in [3.63, 3.8) is 0 Å². The van der Waals surface area contributed by atoms with E-state index in [0.717, 1.165) is 43.9 Å². The number of nitrogens with zero attached hydrogens (tertiary/aromatic N) is 4. The van der Waals surface area contributed by atoms with Crippen LogP contribution in [0.25, 0.3) is 11.3 Å². The average molecular weight is 313 g/mol. The Morgan fingerprint density at radius 3 is 2.83 bits per heavy atom. The molecule has 0 amide bonds. The van der Waals surface area contributed by atoms with Gasteiger partial charge in [0.1, 0.15) is 0 Å². The van der Waals surface area contributed by atoms with Gasteiger partial charge < -0.3 is 10.2 Å². The van der Waals surface area contributed by atoms with E-state index >= 15 is 0 Å². The first-order valence-electron chi connectivity index (χ1n) is 8.09. The van der Waals surface area contributed by atoms with E-state index in [1.165, 1.54) is 0 Å². The minimum Gasteiger partial charge on any atom is -0.342 e. The molecule has 2 aromatic rings. The second-order valence-corrected chi connectivity index (χ2v) is 6.02. The fraction of sp³-hybridized carbons (Fsp3) is 0.471. The van der Waals surface area contributed by atoms with E-state index < -0.39 is 0 Å². The maximum Gasteiger partial charge on any atom is 0.255 e. The van der Waals surface area contributed by atoms with Crippen LogP contribution < -0.4 is 15.8 Å². The number of anilines is 1. The van der Waals surface area contributed by atoms with Gasteiger partial charge in [0.2, 0.25) is 5.95 Å². The van der Waals surface area contributed by atoms with E-state index in [2.05, 4.69) is 15.2 Å². The normalized spacial score (nSPS) is 18.4. The maximum atomic E-state index is 12.4. The molecular weight excluding hydrogens is 290 g/mol. The Bertz CT molecular complexity index is 705. The molecule has 0 saturated carbocycles. The van der Waals surface area contributed by atoms with Crippen LogP contribution in [0.4, 0.5) is 5.95 Å². The smallest absolute Gasteiger partial charge is 0.255 e. The first-order valence-corrected chi connectivity index (χ1v) is 8.09. The van der Waals surface area contributed by atoms with Gasteiger partial charge in [0, 0.05) is 44.2 Å². The third kappa shape index (κ3) is 3.42. The molecule has 122 valence electrons. The number of hydrogen-bond donors (Lipinski definition) is 1. The Kier molecular flexibility index (Phi) is 4.71. The lowest BCUT2D eigenvalue weighted by Gasteiger charge is -2.29. The van der Waals surface area contributed by atoms with Crippen molar-refractivity contribution in [1.29, 1.82) is 0 Å². The lowest BCUT2D eigenvalue weighted by Crippen LogP contribution is -2.37. The second kappa shape index (κ2) is 6.91. The highest BCUT2D eigenvalue weighted by atomic mass is 16.1. The quantitative estimate of drug-likeness (QED) is 0.928. The molecule has 1 aliphatic heterocycles. The van der Waals surface area contributed by atoms with E-state index in [-0.39, 0.29) is 5.56 Å². The van der Waals surface area contributed by atoms with Gasteiger partial charge in [-0.2, -0.15) is 0 Å². The largest absolute Gasteiger partial charge is 0.342 e. The van der Waals surface area contributed by atoms with Crippen LogP contribution in [0, 0.1) is 0 Å². The van der Waals surface area contributed by atoms with Crippen LogP contribution in [0.3, 0.4) is 0 Å². The van der Waals surface area contributed by atoms with E-state index in [1.54, 1.807) is 30.1 Å². The molecule has 1 N–H and O–H groups in total. The first kappa shape index (κ1) is 15.7. The summed E-state index contributed by atoms with van der Waals surface area (Å²) in [5.41, 5.74) is 1.57. The van der Waals surface area contributed by atoms with Crippen molar-refractivity contribution in [3.8, 4) is 11.3 Å². The Labute approximate surface area is 136 Å². The molecule has 3 heterocycles. The molecule has 1 aliphatic rings. The number of hydrogen-bond acceptors (Lipinski definition) is 5. The topological polar surface area (TPSA) is 63.1 Å². The van der Waals surface area contributed by atoms with E-state index in [0.29, 0.717) is 11.7 Å². The Morgan fingerprint density at radius 1 is 1.26 bits per heavy atom. The number of pyridine rings is 1. The predicted octanol–water partition coefficient (Wildman–Crippen LogP) is 1.42. The van der Waals surface area contributed by atoms with Crippen LogP contribution in [-0.4, -0.2) is 40.7 Å². The molecule has 2 aromatic heterocycles. The molecule has 0 aromatic carbocycles. The summed E-state index contributed by atoms with van der Waals surface area (Å²) in [7, 11) is 3.82. The van der Waals surface area contributed by atoms with Crippen LogP contribution in [0.2, 0.25) is 0 Å². The van der Waals surface area contributed by atoms with Crippen LogP contribution >= 0.6 is 0 Å². The Hall–Kier alpha value is -2.21. The van der Waals surface area contributed by atoms with Gasteiger partial charge in [0.05, 0.1) is 5.69 Å². The molecule has 1 saturated heterocycles. The third-order valence-electron chi connectivity index (χ3n) is 4.50. The van der Waals surface area contributed by atoms with Crippen molar-refractivity contribution in [2.24, 2.45) is 7.05 Å². The zero-order chi connectivity index (χ0) is 16.2. The van der Waals surface area contributed by atoms with Crippen molar-refractivity contribution in [3.05, 3.63) is 40.9 Å². The van der Waals surface area contributed by atoms with Gasteiger partial charge in [0.15, 0.2) is 0 Å². The molecule has 0 spiro atoms. The standard InChI is InChI=1S/C17H23N5O/c1-21(14-4-3-8-18-11-7-14)17-20-15(12-16(23)22(17)2)13-5-9-19-10-6-13/h5-6,9-10,12,14,18H,3-4,7-8,11H2,1-2H3. The Balaban J connectivity index is 1.97. The number of rotatable bonds is 3. The molecule has 0 radical (unpaired) electrons. The van der Waals surface area contributed by atoms with Crippen molar-refractivity contribution in [2.75, 3.05) is 25.0 Å². The van der Waals surface area contributed by atoms with Crippen LogP contribution in [0.15, 0.2) is 35.4 Å². The first-order chi connectivity index (χ1) is 11.2. The minimum atomic E-state index is -0.0413. The second-order valence-electron chi connectivity index (χ2n) is 6.02. The fourth-order valence-electron chi connectivity index (χ4n) is 3.06. The van der Waals surface area contributed by atoms with Crippen LogP contribution in [0.5, 0.6) is 0 Å². The highest BCUT2D eigenvalue weighted by Crippen LogP contribution is 2.21. The van der Waals surface area contributed by atoms with Gasteiger partial charge >= 0.3 is 0 Å². The number of aromatic nitrogens is 3. The monoisotopic (exact) mass is 313 g/mol. The number of nitrogens with one attached hydrogen (secondary N) is 1. The molecule has 0 aliphatic carbocycles. The molecule has 6 heteroatoms. The van der Waals surface area contributed by atoms with Crippen molar-refractivity contribution in [1.82, 2.24) is 19.9 Å². The molecule has 0 bridgehead atoms. The van der Waals surface area contributed by atoms with Crippen molar-refractivity contribution >= 4 is 5.95 Å². The summed E-state index contributed by atoms with van der Waals surface area (Å²) in [6.07, 6.45) is 6.75. The summed E-state index contributed by atoms with van der Waals surface area (Å²) in [6.45, 7) is 2.07. The molecule has 1 unspecified atom stereocenters. The third-order valence-corrected chi connectivity index (χ3v) is 4.50. The summed E-state index contributed by atoms with van der Waals surface area (Å²) >= 11 is 0. The van der Waals surface area contributed by atoms with Crippen molar-refractivity contribution in [2.45, 2.75) is 25.3 Å². The highest BCUT2D eigenvalue weighted by Gasteiger charge is 2.21. The summed E-state index contributed by atoms with van der Waals surface area (Å²) in [5.74, 6) is 0.719. The highest BCUT2D eigenvalue weighted by molar-refractivity contribution is 5.59. The lowest BCUT2D eigenvalue weighted by atomic mass is 10.1. The fourth-order valence-corrected chi connectivity index (χ4v) is 3.06. The minimum absolute atomic E-state index is 0.0413. The van der Waals surface area contributed by atoms with E-state index in [9.17, 15) is 4.79 Å². The zero-order valence-corrected chi connectivity index (χ0v) is 13.7. The molecule has 3 rings (SSSR count). The van der Waals surface area contributed by atoms with Gasteiger partial charge in [-0.1, -0.05) is 0 Å². The predicted molar refractivity (Wildman–Crippen MR) is 91.6 cm³/mol. The SMILES string of the molecule is CN(c1nc(-c2ccncc2)cc(=O)n1C)C1CCCNCC1. The summed E-state index contributed by atoms with van der Waals surface area (Å²) in [4.78, 5) is 23.3. The molecule has 1 atom stereocenters. The van der Waals surface area contributed by atoms with E-state index in [1.807, 2.05) is 19.2 Å². The van der Waals surface area contributed by atoms with Gasteiger partial charge in [0.25, 0.3) is 5.56 Å². The van der Waals surface area contributed by atoms with Gasteiger partial charge in [-0.05, 0) is 44.5 Å². The van der Waals surface area contributed by atoms with Crippen molar-refractivity contribution < 1.29 is 0 Å². The average Bonchev–Trinajstić information content (AvgIpc) is 2.87. The lowest BCUT2D eigenvalue weighted by molar-refractivity contribution is 0.547. The Morgan fingerprint density at radius 2 is 2.04 bits per heavy atom. The van der Waals surface area contributed by atoms with Gasteiger partial charge in [-0.25, -0.2) is 4.98 Å². The molecule has 1 fully saturated rings. The summed E-state index contributed by atoms with van der Waals surface area (Å²) in [5, 5.41) is 3.42.